The summed E-state index contributed by atoms with van der Waals surface area (Å²) < 4.78 is 38.4. The Bertz CT molecular complexity index is 1200. The van der Waals surface area contributed by atoms with Gasteiger partial charge in [0.25, 0.3) is 0 Å². The number of nitrogens with zero attached hydrogens (tertiary/aromatic N) is 3. The van der Waals surface area contributed by atoms with Crippen LogP contribution in [0.25, 0.3) is 10.8 Å². The Morgan fingerprint density at radius 3 is 2.35 bits per heavy atom. The third-order valence-corrected chi connectivity index (χ3v) is 4.97. The van der Waals surface area contributed by atoms with Crippen molar-refractivity contribution in [3.63, 3.8) is 0 Å². The molecule has 0 saturated heterocycles. The van der Waals surface area contributed by atoms with E-state index >= 15 is 0 Å². The van der Waals surface area contributed by atoms with Crippen LogP contribution in [0, 0.1) is 0 Å². The first kappa shape index (κ1) is 20.5. The number of hydrogen-bond donors (Lipinski definition) is 2. The van der Waals surface area contributed by atoms with Crippen LogP contribution in [-0.2, 0) is 6.18 Å². The zero-order chi connectivity index (χ0) is 22.0. The van der Waals surface area contributed by atoms with Gasteiger partial charge in [-0.1, -0.05) is 36.4 Å². The molecule has 3 N–H and O–H groups in total. The average Bonchev–Trinajstić information content (AvgIpc) is 2.76. The van der Waals surface area contributed by atoms with Crippen molar-refractivity contribution in [3.8, 4) is 0 Å². The number of alkyl halides is 3. The maximum absolute atomic E-state index is 12.8. The highest BCUT2D eigenvalue weighted by Crippen LogP contribution is 2.36. The number of nitrogen functional groups attached to an aromatic ring is 1. The van der Waals surface area contributed by atoms with E-state index < -0.39 is 11.7 Å². The van der Waals surface area contributed by atoms with Crippen LogP contribution in [0.2, 0.25) is 0 Å². The van der Waals surface area contributed by atoms with Crippen molar-refractivity contribution in [1.82, 2.24) is 9.97 Å². The van der Waals surface area contributed by atoms with E-state index in [1.807, 2.05) is 54.3 Å². The lowest BCUT2D eigenvalue weighted by Crippen LogP contribution is -2.20. The van der Waals surface area contributed by atoms with Gasteiger partial charge in [0, 0.05) is 17.6 Å². The smallest absolute Gasteiger partial charge is 0.393 e. The third-order valence-electron chi connectivity index (χ3n) is 4.97. The Labute approximate surface area is 177 Å². The van der Waals surface area contributed by atoms with Crippen LogP contribution < -0.4 is 16.0 Å². The molecule has 0 spiro atoms. The summed E-state index contributed by atoms with van der Waals surface area (Å²) >= 11 is 0. The van der Waals surface area contributed by atoms with Crippen LogP contribution in [0.3, 0.4) is 0 Å². The molecule has 0 bridgehead atoms. The molecule has 8 heteroatoms. The lowest BCUT2D eigenvalue weighted by atomic mass is 10.1. The highest BCUT2D eigenvalue weighted by atomic mass is 19.4. The van der Waals surface area contributed by atoms with Gasteiger partial charge in [-0.2, -0.15) is 13.2 Å². The number of hydrogen-bond acceptors (Lipinski definition) is 5. The van der Waals surface area contributed by atoms with Crippen molar-refractivity contribution in [3.05, 3.63) is 78.6 Å². The molecule has 4 rings (SSSR count). The van der Waals surface area contributed by atoms with E-state index in [-0.39, 0.29) is 0 Å². The first-order chi connectivity index (χ1) is 14.9. The van der Waals surface area contributed by atoms with Crippen molar-refractivity contribution in [2.45, 2.75) is 13.1 Å². The van der Waals surface area contributed by atoms with Crippen LogP contribution in [0.4, 0.5) is 41.9 Å². The van der Waals surface area contributed by atoms with Crippen molar-refractivity contribution in [2.75, 3.05) is 22.5 Å². The Balaban J connectivity index is 1.69. The van der Waals surface area contributed by atoms with Gasteiger partial charge in [0.1, 0.15) is 12.0 Å². The van der Waals surface area contributed by atoms with E-state index in [0.717, 1.165) is 28.6 Å². The molecule has 0 amide bonds. The molecule has 4 aromatic rings. The highest BCUT2D eigenvalue weighted by Gasteiger charge is 2.30. The normalized spacial score (nSPS) is 11.5. The number of aromatic nitrogens is 2. The number of nitrogens with one attached hydrogen (secondary N) is 1. The van der Waals surface area contributed by atoms with Gasteiger partial charge in [0.15, 0.2) is 11.6 Å². The van der Waals surface area contributed by atoms with E-state index in [0.29, 0.717) is 29.6 Å². The molecule has 1 heterocycles. The SMILES string of the molecule is CCN(c1ncnc(Nc2ccc(C(F)(F)F)cc2)c1N)c1cccc2ccccc12. The molecule has 0 atom stereocenters. The van der Waals surface area contributed by atoms with Crippen LogP contribution in [-0.4, -0.2) is 16.5 Å². The summed E-state index contributed by atoms with van der Waals surface area (Å²) in [6.07, 6.45) is -3.01. The summed E-state index contributed by atoms with van der Waals surface area (Å²) in [5.41, 5.74) is 7.35. The maximum Gasteiger partial charge on any atom is 0.416 e. The topological polar surface area (TPSA) is 67.1 Å². The first-order valence-electron chi connectivity index (χ1n) is 9.68. The van der Waals surface area contributed by atoms with Crippen LogP contribution >= 0.6 is 0 Å². The van der Waals surface area contributed by atoms with E-state index in [1.165, 1.54) is 18.5 Å². The summed E-state index contributed by atoms with van der Waals surface area (Å²) in [5.74, 6) is 0.840. The molecule has 158 valence electrons. The number of anilines is 5. The predicted octanol–water partition coefficient (Wildman–Crippen LogP) is 6.13. The second-order valence-electron chi connectivity index (χ2n) is 6.90. The second-order valence-corrected chi connectivity index (χ2v) is 6.90. The standard InChI is InChI=1S/C23H20F3N5/c1-2-31(19-9-5-7-15-6-3-4-8-18(15)19)22-20(27)21(28-14-29-22)30-17-12-10-16(11-13-17)23(24,25)26/h3-14H,2,27H2,1H3,(H,28,29,30). The minimum atomic E-state index is -4.39. The van der Waals surface area contributed by atoms with Gasteiger partial charge in [0.2, 0.25) is 0 Å². The molecule has 0 unspecified atom stereocenters. The van der Waals surface area contributed by atoms with Crippen molar-refractivity contribution < 1.29 is 13.2 Å². The largest absolute Gasteiger partial charge is 0.416 e. The minimum Gasteiger partial charge on any atom is -0.393 e. The van der Waals surface area contributed by atoms with Crippen molar-refractivity contribution in [2.24, 2.45) is 0 Å². The summed E-state index contributed by atoms with van der Waals surface area (Å²) in [6, 6.07) is 18.7. The predicted molar refractivity (Wildman–Crippen MR) is 118 cm³/mol. The molecule has 0 fully saturated rings. The summed E-state index contributed by atoms with van der Waals surface area (Å²) in [6.45, 7) is 2.60. The van der Waals surface area contributed by atoms with Gasteiger partial charge in [-0.25, -0.2) is 9.97 Å². The summed E-state index contributed by atoms with van der Waals surface area (Å²) in [4.78, 5) is 10.5. The molecule has 1 aromatic heterocycles. The van der Waals surface area contributed by atoms with E-state index in [4.69, 9.17) is 5.73 Å². The lowest BCUT2D eigenvalue weighted by molar-refractivity contribution is -0.137. The molecule has 0 aliphatic carbocycles. The Morgan fingerprint density at radius 1 is 0.935 bits per heavy atom. The Hall–Kier alpha value is -3.81. The fraction of sp³-hybridized carbons (Fsp3) is 0.130. The molecular weight excluding hydrogens is 403 g/mol. The van der Waals surface area contributed by atoms with Gasteiger partial charge >= 0.3 is 6.18 Å². The van der Waals surface area contributed by atoms with Crippen LogP contribution in [0.15, 0.2) is 73.1 Å². The molecule has 0 radical (unpaired) electrons. The van der Waals surface area contributed by atoms with E-state index in [1.54, 1.807) is 0 Å². The van der Waals surface area contributed by atoms with Gasteiger partial charge in [-0.05, 0) is 42.6 Å². The summed E-state index contributed by atoms with van der Waals surface area (Å²) in [5, 5.41) is 5.14. The lowest BCUT2D eigenvalue weighted by Gasteiger charge is -2.25. The maximum atomic E-state index is 12.8. The number of benzene rings is 3. The molecule has 3 aromatic carbocycles. The van der Waals surface area contributed by atoms with E-state index in [9.17, 15) is 13.2 Å². The Kier molecular flexibility index (Phi) is 5.37. The van der Waals surface area contributed by atoms with Crippen molar-refractivity contribution >= 4 is 39.5 Å². The molecule has 0 aliphatic heterocycles. The van der Waals surface area contributed by atoms with Gasteiger partial charge < -0.3 is 16.0 Å². The zero-order valence-corrected chi connectivity index (χ0v) is 16.7. The molecule has 5 nitrogen and oxygen atoms in total. The van der Waals surface area contributed by atoms with E-state index in [2.05, 4.69) is 15.3 Å². The molecule has 0 saturated carbocycles. The average molecular weight is 423 g/mol. The molecule has 0 aliphatic rings. The van der Waals surface area contributed by atoms with Gasteiger partial charge in [-0.3, -0.25) is 0 Å². The van der Waals surface area contributed by atoms with Crippen molar-refractivity contribution in [1.29, 1.82) is 0 Å². The fourth-order valence-electron chi connectivity index (χ4n) is 3.46. The number of rotatable bonds is 5. The van der Waals surface area contributed by atoms with Gasteiger partial charge in [0.05, 0.1) is 11.3 Å². The fourth-order valence-corrected chi connectivity index (χ4v) is 3.46. The summed E-state index contributed by atoms with van der Waals surface area (Å²) in [7, 11) is 0. The third kappa shape index (κ3) is 4.09. The molecule has 31 heavy (non-hydrogen) atoms. The van der Waals surface area contributed by atoms with Gasteiger partial charge in [-0.15, -0.1) is 0 Å². The quantitative estimate of drug-likeness (QED) is 0.404. The second kappa shape index (κ2) is 8.14. The number of nitrogens with two attached hydrogens (primary N) is 1. The Morgan fingerprint density at radius 2 is 1.65 bits per heavy atom. The number of fused-ring (bicyclic) bond motifs is 1. The zero-order valence-electron chi connectivity index (χ0n) is 16.7. The van der Waals surface area contributed by atoms with Crippen LogP contribution in [0.5, 0.6) is 0 Å². The van der Waals surface area contributed by atoms with Crippen LogP contribution in [0.1, 0.15) is 12.5 Å². The number of halogens is 3. The monoisotopic (exact) mass is 423 g/mol. The molecular formula is C23H20F3N5. The minimum absolute atomic E-state index is 0.303. The first-order valence-corrected chi connectivity index (χ1v) is 9.68. The highest BCUT2D eigenvalue weighted by molar-refractivity contribution is 5.97.